The van der Waals surface area contributed by atoms with Gasteiger partial charge in [0.05, 0.1) is 0 Å². The van der Waals surface area contributed by atoms with E-state index in [-0.39, 0.29) is 11.8 Å². The Morgan fingerprint density at radius 3 is 2.09 bits per heavy atom. The van der Waals surface area contributed by atoms with E-state index in [0.717, 1.165) is 23.2 Å². The van der Waals surface area contributed by atoms with Crippen LogP contribution in [0.2, 0.25) is 0 Å². The average molecular weight is 493 g/mol. The first-order chi connectivity index (χ1) is 16.9. The molecule has 35 heavy (non-hydrogen) atoms. The van der Waals surface area contributed by atoms with Gasteiger partial charge in [0, 0.05) is 37.1 Å². The first-order valence-electron chi connectivity index (χ1n) is 11.5. The van der Waals surface area contributed by atoms with Crippen molar-refractivity contribution in [2.24, 2.45) is 5.92 Å². The lowest BCUT2D eigenvalue weighted by Gasteiger charge is -2.26. The Morgan fingerprint density at radius 2 is 1.51 bits per heavy atom. The van der Waals surface area contributed by atoms with Crippen LogP contribution in [0.25, 0.3) is 0 Å². The molecule has 1 N–H and O–H groups in total. The van der Waals surface area contributed by atoms with E-state index >= 15 is 0 Å². The molecular weight excluding hydrogens is 460 g/mol. The van der Waals surface area contributed by atoms with E-state index in [4.69, 9.17) is 4.74 Å². The quantitative estimate of drug-likeness (QED) is 0.351. The highest BCUT2D eigenvalue weighted by Crippen LogP contribution is 2.24. The second-order valence-corrected chi connectivity index (χ2v) is 8.93. The molecule has 0 aromatic heterocycles. The summed E-state index contributed by atoms with van der Waals surface area (Å²) in [6.07, 6.45) is 1.32. The van der Waals surface area contributed by atoms with Crippen molar-refractivity contribution >= 4 is 35.9 Å². The maximum atomic E-state index is 13.3. The third kappa shape index (κ3) is 7.79. The minimum Gasteiger partial charge on any atom is -0.489 e. The highest BCUT2D eigenvalue weighted by atomic mass is 32.1. The van der Waals surface area contributed by atoms with Crippen LogP contribution in [0.4, 0.5) is 11.4 Å². The van der Waals surface area contributed by atoms with Crippen LogP contribution < -0.4 is 14.5 Å². The van der Waals surface area contributed by atoms with Crippen molar-refractivity contribution < 1.29 is 19.4 Å². The number of aliphatic carboxylic acids is 1. The van der Waals surface area contributed by atoms with Crippen LogP contribution in [-0.4, -0.2) is 43.4 Å². The maximum absolute atomic E-state index is 13.3. The van der Waals surface area contributed by atoms with Gasteiger partial charge >= 0.3 is 5.97 Å². The van der Waals surface area contributed by atoms with Crippen molar-refractivity contribution in [1.82, 2.24) is 0 Å². The van der Waals surface area contributed by atoms with Crippen molar-refractivity contribution in [3.05, 3.63) is 90.0 Å². The summed E-state index contributed by atoms with van der Waals surface area (Å²) in [6, 6.07) is 25.0. The molecule has 0 saturated carbocycles. The molecule has 0 aliphatic heterocycles. The van der Waals surface area contributed by atoms with Crippen LogP contribution in [0, 0.1) is 5.92 Å². The number of carbonyl (C=O) groups is 2. The van der Waals surface area contributed by atoms with E-state index < -0.39 is 12.5 Å². The van der Waals surface area contributed by atoms with Gasteiger partial charge in [0.15, 0.2) is 0 Å². The zero-order chi connectivity index (χ0) is 25.2. The van der Waals surface area contributed by atoms with Gasteiger partial charge in [-0.1, -0.05) is 42.5 Å². The van der Waals surface area contributed by atoms with Gasteiger partial charge < -0.3 is 19.6 Å². The first-order valence-corrected chi connectivity index (χ1v) is 12.2. The van der Waals surface area contributed by atoms with Crippen LogP contribution in [0.3, 0.4) is 0 Å². The Balaban J connectivity index is 1.66. The SMILES string of the molecule is CN(C)c1ccc(COc2ccc(N(CC(=O)O)C(=O)C(CS)CCc3ccccc3)cc2)cc1. The number of hydrogen-bond acceptors (Lipinski definition) is 5. The minimum absolute atomic E-state index is 0.243. The zero-order valence-corrected chi connectivity index (χ0v) is 21.0. The molecule has 3 aromatic rings. The fourth-order valence-electron chi connectivity index (χ4n) is 3.71. The van der Waals surface area contributed by atoms with E-state index in [1.54, 1.807) is 24.3 Å². The fraction of sp³-hybridized carbons (Fsp3) is 0.286. The molecule has 0 aliphatic rings. The summed E-state index contributed by atoms with van der Waals surface area (Å²) < 4.78 is 5.88. The van der Waals surface area contributed by atoms with Gasteiger partial charge in [0.25, 0.3) is 0 Å². The molecule has 1 amide bonds. The number of anilines is 2. The molecule has 7 heteroatoms. The Labute approximate surface area is 212 Å². The van der Waals surface area contributed by atoms with Crippen LogP contribution in [0.5, 0.6) is 5.75 Å². The summed E-state index contributed by atoms with van der Waals surface area (Å²) in [5, 5.41) is 9.43. The van der Waals surface area contributed by atoms with Gasteiger partial charge in [0.2, 0.25) is 5.91 Å². The number of hydrogen-bond donors (Lipinski definition) is 2. The summed E-state index contributed by atoms with van der Waals surface area (Å²) >= 11 is 4.38. The van der Waals surface area contributed by atoms with Gasteiger partial charge in [0.1, 0.15) is 18.9 Å². The second-order valence-electron chi connectivity index (χ2n) is 8.57. The number of aryl methyl sites for hydroxylation is 1. The molecule has 0 saturated heterocycles. The molecule has 3 rings (SSSR count). The van der Waals surface area contributed by atoms with Crippen LogP contribution in [0.15, 0.2) is 78.9 Å². The molecule has 184 valence electrons. The van der Waals surface area contributed by atoms with E-state index in [1.807, 2.05) is 73.6 Å². The molecular formula is C28H32N2O4S. The van der Waals surface area contributed by atoms with E-state index in [2.05, 4.69) is 12.6 Å². The van der Waals surface area contributed by atoms with Gasteiger partial charge in [-0.3, -0.25) is 9.59 Å². The molecule has 0 radical (unpaired) electrons. The standard InChI is InChI=1S/C28H32N2O4S/c1-29(2)24-12-9-22(10-13-24)19-34-26-16-14-25(15-17-26)30(18-27(31)32)28(33)23(20-35)11-8-21-6-4-3-5-7-21/h3-7,9-10,12-17,23,35H,8,11,18-20H2,1-2H3,(H,31,32). The van der Waals surface area contributed by atoms with Crippen molar-refractivity contribution in [2.75, 3.05) is 36.2 Å². The van der Waals surface area contributed by atoms with Crippen molar-refractivity contribution in [3.8, 4) is 5.75 Å². The maximum Gasteiger partial charge on any atom is 0.323 e. The Hall–Kier alpha value is -3.45. The highest BCUT2D eigenvalue weighted by Gasteiger charge is 2.26. The lowest BCUT2D eigenvalue weighted by molar-refractivity contribution is -0.137. The Kier molecular flexibility index (Phi) is 9.61. The van der Waals surface area contributed by atoms with Crippen molar-refractivity contribution in [2.45, 2.75) is 19.4 Å². The van der Waals surface area contributed by atoms with Gasteiger partial charge in [-0.25, -0.2) is 0 Å². The third-order valence-corrected chi connectivity index (χ3v) is 6.20. The first kappa shape index (κ1) is 26.2. The monoisotopic (exact) mass is 492 g/mol. The van der Waals surface area contributed by atoms with Crippen molar-refractivity contribution in [3.63, 3.8) is 0 Å². The number of carboxylic acid groups (broad SMARTS) is 1. The second kappa shape index (κ2) is 12.9. The lowest BCUT2D eigenvalue weighted by Crippen LogP contribution is -2.40. The van der Waals surface area contributed by atoms with E-state index in [1.165, 1.54) is 4.90 Å². The fourth-order valence-corrected chi connectivity index (χ4v) is 4.05. The smallest absolute Gasteiger partial charge is 0.323 e. The number of rotatable bonds is 12. The molecule has 1 unspecified atom stereocenters. The molecule has 0 bridgehead atoms. The molecule has 1 atom stereocenters. The predicted molar refractivity (Wildman–Crippen MR) is 144 cm³/mol. The van der Waals surface area contributed by atoms with E-state index in [9.17, 15) is 14.7 Å². The van der Waals surface area contributed by atoms with Gasteiger partial charge in [-0.15, -0.1) is 0 Å². The number of amides is 1. The number of carboxylic acids is 1. The molecule has 3 aromatic carbocycles. The summed E-state index contributed by atoms with van der Waals surface area (Å²) in [5.74, 6) is -0.717. The minimum atomic E-state index is -1.07. The Morgan fingerprint density at radius 1 is 0.886 bits per heavy atom. The zero-order valence-electron chi connectivity index (χ0n) is 20.1. The number of benzene rings is 3. The average Bonchev–Trinajstić information content (AvgIpc) is 2.87. The van der Waals surface area contributed by atoms with Crippen LogP contribution in [-0.2, 0) is 22.6 Å². The topological polar surface area (TPSA) is 70.1 Å². The normalized spacial score (nSPS) is 11.5. The number of ether oxygens (including phenoxy) is 1. The number of thiol groups is 1. The molecule has 6 nitrogen and oxygen atoms in total. The van der Waals surface area contributed by atoms with Crippen LogP contribution in [0.1, 0.15) is 17.5 Å². The highest BCUT2D eigenvalue weighted by molar-refractivity contribution is 7.80. The summed E-state index contributed by atoms with van der Waals surface area (Å²) in [4.78, 5) is 28.2. The molecule has 0 fully saturated rings. The predicted octanol–water partition coefficient (Wildman–Crippen LogP) is 4.93. The summed E-state index contributed by atoms with van der Waals surface area (Å²) in [7, 11) is 3.99. The number of nitrogens with zero attached hydrogens (tertiary/aromatic N) is 2. The largest absolute Gasteiger partial charge is 0.489 e. The third-order valence-electron chi connectivity index (χ3n) is 5.76. The van der Waals surface area contributed by atoms with Gasteiger partial charge in [-0.05, 0) is 60.4 Å². The molecule has 0 aliphatic carbocycles. The number of carbonyl (C=O) groups excluding carboxylic acids is 1. The summed E-state index contributed by atoms with van der Waals surface area (Å²) in [5.41, 5.74) is 3.81. The van der Waals surface area contributed by atoms with Gasteiger partial charge in [-0.2, -0.15) is 12.6 Å². The molecule has 0 heterocycles. The molecule has 0 spiro atoms. The van der Waals surface area contributed by atoms with E-state index in [0.29, 0.717) is 30.2 Å². The van der Waals surface area contributed by atoms with Crippen LogP contribution >= 0.6 is 12.6 Å². The Bertz CT molecular complexity index is 1090. The van der Waals surface area contributed by atoms with Crippen molar-refractivity contribution in [1.29, 1.82) is 0 Å². The summed E-state index contributed by atoms with van der Waals surface area (Å²) in [6.45, 7) is -0.00108. The lowest BCUT2D eigenvalue weighted by atomic mass is 9.99.